The quantitative estimate of drug-likeness (QED) is 0.789. The second-order valence-electron chi connectivity index (χ2n) is 5.34. The highest BCUT2D eigenvalue weighted by molar-refractivity contribution is 6.34. The molecule has 1 amide bonds. The van der Waals surface area contributed by atoms with Gasteiger partial charge in [-0.1, -0.05) is 29.8 Å². The van der Waals surface area contributed by atoms with Gasteiger partial charge in [0, 0.05) is 12.2 Å². The first kappa shape index (κ1) is 15.6. The molecule has 5 heteroatoms. The topological polar surface area (TPSA) is 46.6 Å². The lowest BCUT2D eigenvalue weighted by Gasteiger charge is -2.30. The third-order valence-electron chi connectivity index (χ3n) is 4.01. The van der Waals surface area contributed by atoms with E-state index >= 15 is 0 Å². The summed E-state index contributed by atoms with van der Waals surface area (Å²) in [6.07, 6.45) is 1.53. The van der Waals surface area contributed by atoms with E-state index in [-0.39, 0.29) is 11.9 Å². The van der Waals surface area contributed by atoms with Crippen LogP contribution in [0, 0.1) is 0 Å². The van der Waals surface area contributed by atoms with Crippen molar-refractivity contribution in [2.24, 2.45) is 0 Å². The average Bonchev–Trinajstić information content (AvgIpc) is 2.60. The van der Waals surface area contributed by atoms with Crippen LogP contribution in [-0.4, -0.2) is 25.5 Å². The molecule has 0 aromatic heterocycles. The molecular weight excluding hydrogens is 314 g/mol. The lowest BCUT2D eigenvalue weighted by molar-refractivity contribution is 0.0599. The summed E-state index contributed by atoms with van der Waals surface area (Å²) >= 11 is 6.15. The van der Waals surface area contributed by atoms with Gasteiger partial charge in [0.25, 0.3) is 5.91 Å². The molecule has 0 bridgehead atoms. The van der Waals surface area contributed by atoms with Gasteiger partial charge in [-0.05, 0) is 42.7 Å². The highest BCUT2D eigenvalue weighted by Crippen LogP contribution is 2.32. The van der Waals surface area contributed by atoms with E-state index in [9.17, 15) is 9.59 Å². The molecule has 2 aromatic rings. The van der Waals surface area contributed by atoms with Crippen molar-refractivity contribution in [2.75, 3.05) is 18.6 Å². The Bertz CT molecular complexity index is 773. The summed E-state index contributed by atoms with van der Waals surface area (Å²) in [5.74, 6) is -0.535. The molecule has 2 aromatic carbocycles. The van der Waals surface area contributed by atoms with E-state index in [0.717, 1.165) is 24.1 Å². The third kappa shape index (κ3) is 2.82. The summed E-state index contributed by atoms with van der Waals surface area (Å²) in [5.41, 5.74) is 2.59. The molecule has 3 rings (SSSR count). The normalized spacial score (nSPS) is 13.4. The number of methoxy groups -OCH3 is 1. The van der Waals surface area contributed by atoms with E-state index in [2.05, 4.69) is 0 Å². The van der Waals surface area contributed by atoms with E-state index in [0.29, 0.717) is 22.7 Å². The number of ether oxygens (including phenoxy) is 1. The van der Waals surface area contributed by atoms with E-state index in [4.69, 9.17) is 16.3 Å². The first-order valence-electron chi connectivity index (χ1n) is 7.40. The Morgan fingerprint density at radius 1 is 1.09 bits per heavy atom. The summed E-state index contributed by atoms with van der Waals surface area (Å²) in [6, 6.07) is 12.3. The Balaban J connectivity index is 2.04. The highest BCUT2D eigenvalue weighted by atomic mass is 35.5. The fourth-order valence-electron chi connectivity index (χ4n) is 2.92. The molecule has 0 fully saturated rings. The van der Waals surface area contributed by atoms with E-state index in [1.807, 2.05) is 6.07 Å². The van der Waals surface area contributed by atoms with Gasteiger partial charge in [-0.25, -0.2) is 4.79 Å². The van der Waals surface area contributed by atoms with Crippen molar-refractivity contribution in [3.8, 4) is 0 Å². The number of amides is 1. The number of esters is 1. The van der Waals surface area contributed by atoms with Crippen molar-refractivity contribution in [2.45, 2.75) is 12.8 Å². The van der Waals surface area contributed by atoms with Crippen molar-refractivity contribution in [3.63, 3.8) is 0 Å². The molecule has 0 saturated heterocycles. The van der Waals surface area contributed by atoms with Crippen LogP contribution in [0.5, 0.6) is 0 Å². The molecule has 23 heavy (non-hydrogen) atoms. The van der Waals surface area contributed by atoms with Gasteiger partial charge in [-0.2, -0.15) is 0 Å². The maximum Gasteiger partial charge on any atom is 0.338 e. The lowest BCUT2D eigenvalue weighted by Crippen LogP contribution is -2.36. The molecule has 1 aliphatic heterocycles. The molecule has 0 saturated carbocycles. The molecule has 118 valence electrons. The van der Waals surface area contributed by atoms with Crippen molar-refractivity contribution in [1.29, 1.82) is 0 Å². The number of carbonyl (C=O) groups excluding carboxylic acids is 2. The van der Waals surface area contributed by atoms with Gasteiger partial charge >= 0.3 is 5.97 Å². The Morgan fingerprint density at radius 3 is 2.57 bits per heavy atom. The van der Waals surface area contributed by atoms with Crippen LogP contribution < -0.4 is 4.90 Å². The van der Waals surface area contributed by atoms with Gasteiger partial charge in [-0.15, -0.1) is 0 Å². The number of nitrogens with zero attached hydrogens (tertiary/aromatic N) is 1. The predicted octanol–water partition coefficient (Wildman–Crippen LogP) is 3.72. The zero-order valence-corrected chi connectivity index (χ0v) is 13.5. The van der Waals surface area contributed by atoms with Crippen LogP contribution in [-0.2, 0) is 11.2 Å². The van der Waals surface area contributed by atoms with Gasteiger partial charge in [0.15, 0.2) is 0 Å². The fraction of sp³-hybridized carbons (Fsp3) is 0.222. The number of anilines is 1. The highest BCUT2D eigenvalue weighted by Gasteiger charge is 2.27. The first-order chi connectivity index (χ1) is 11.1. The molecule has 0 unspecified atom stereocenters. The molecule has 1 aliphatic rings. The van der Waals surface area contributed by atoms with Gasteiger partial charge < -0.3 is 9.64 Å². The van der Waals surface area contributed by atoms with Crippen molar-refractivity contribution in [1.82, 2.24) is 0 Å². The van der Waals surface area contributed by atoms with E-state index in [1.165, 1.54) is 7.11 Å². The monoisotopic (exact) mass is 329 g/mol. The third-order valence-corrected chi connectivity index (χ3v) is 4.33. The number of carbonyl (C=O) groups is 2. The number of benzene rings is 2. The van der Waals surface area contributed by atoms with Crippen molar-refractivity contribution in [3.05, 3.63) is 64.2 Å². The van der Waals surface area contributed by atoms with Crippen molar-refractivity contribution >= 4 is 29.2 Å². The number of halogens is 1. The van der Waals surface area contributed by atoms with Gasteiger partial charge in [-0.3, -0.25) is 4.79 Å². The summed E-state index contributed by atoms with van der Waals surface area (Å²) < 4.78 is 4.84. The zero-order valence-electron chi connectivity index (χ0n) is 12.7. The maximum atomic E-state index is 12.9. The molecular formula is C18H16ClNO3. The number of rotatable bonds is 2. The predicted molar refractivity (Wildman–Crippen MR) is 89.2 cm³/mol. The second-order valence-corrected chi connectivity index (χ2v) is 5.74. The van der Waals surface area contributed by atoms with Gasteiger partial charge in [0.2, 0.25) is 0 Å². The number of hydrogen-bond acceptors (Lipinski definition) is 3. The largest absolute Gasteiger partial charge is 0.465 e. The summed E-state index contributed by atoms with van der Waals surface area (Å²) in [6.45, 7) is 0.599. The van der Waals surface area contributed by atoms with Crippen LogP contribution in [0.15, 0.2) is 42.5 Å². The Kier molecular flexibility index (Phi) is 4.35. The molecule has 0 spiro atoms. The summed E-state index contributed by atoms with van der Waals surface area (Å²) in [5, 5.41) is 0.425. The van der Waals surface area contributed by atoms with Crippen LogP contribution in [0.2, 0.25) is 5.02 Å². The summed E-state index contributed by atoms with van der Waals surface area (Å²) in [4.78, 5) is 26.5. The van der Waals surface area contributed by atoms with E-state index < -0.39 is 0 Å². The van der Waals surface area contributed by atoms with Crippen LogP contribution in [0.1, 0.15) is 32.7 Å². The van der Waals surface area contributed by atoms with E-state index in [1.54, 1.807) is 41.3 Å². The standard InChI is InChI=1S/C18H16ClNO3/c1-23-18(22)13-7-4-10-16-12(13)8-5-11-20(16)17(21)14-6-2-3-9-15(14)19/h2-4,6-7,9-10H,5,8,11H2,1H3. The molecule has 4 nitrogen and oxygen atoms in total. The van der Waals surface area contributed by atoms with Gasteiger partial charge in [0.05, 0.1) is 23.3 Å². The van der Waals surface area contributed by atoms with Crippen LogP contribution in [0.25, 0.3) is 0 Å². The maximum absolute atomic E-state index is 12.9. The van der Waals surface area contributed by atoms with Crippen molar-refractivity contribution < 1.29 is 14.3 Å². The lowest BCUT2D eigenvalue weighted by atomic mass is 9.95. The minimum atomic E-state index is -0.381. The van der Waals surface area contributed by atoms with Gasteiger partial charge in [0.1, 0.15) is 0 Å². The smallest absolute Gasteiger partial charge is 0.338 e. The zero-order chi connectivity index (χ0) is 16.4. The number of fused-ring (bicyclic) bond motifs is 1. The minimum Gasteiger partial charge on any atom is -0.465 e. The molecule has 0 aliphatic carbocycles. The summed E-state index contributed by atoms with van der Waals surface area (Å²) in [7, 11) is 1.36. The fourth-order valence-corrected chi connectivity index (χ4v) is 3.13. The molecule has 0 N–H and O–H groups in total. The second kappa shape index (κ2) is 6.42. The van der Waals surface area contributed by atoms with Crippen LogP contribution >= 0.6 is 11.6 Å². The first-order valence-corrected chi connectivity index (χ1v) is 7.78. The molecule has 0 atom stereocenters. The van der Waals surface area contributed by atoms with Crippen LogP contribution in [0.4, 0.5) is 5.69 Å². The number of hydrogen-bond donors (Lipinski definition) is 0. The Labute approximate surface area is 139 Å². The van der Waals surface area contributed by atoms with Crippen LogP contribution in [0.3, 0.4) is 0 Å². The Morgan fingerprint density at radius 2 is 1.83 bits per heavy atom. The molecule has 1 heterocycles. The SMILES string of the molecule is COC(=O)c1cccc2c1CCCN2C(=O)c1ccccc1Cl. The minimum absolute atomic E-state index is 0.154. The average molecular weight is 330 g/mol. The molecule has 0 radical (unpaired) electrons. The Hall–Kier alpha value is -2.33.